The maximum atomic E-state index is 11.8. The van der Waals surface area contributed by atoms with E-state index in [0.29, 0.717) is 0 Å². The lowest BCUT2D eigenvalue weighted by molar-refractivity contribution is -0.117. The number of anilines is 1. The molecule has 3 N–H and O–H groups in total. The Labute approximate surface area is 113 Å². The summed E-state index contributed by atoms with van der Waals surface area (Å²) in [6, 6.07) is 5.95. The Bertz CT molecular complexity index is 495. The Morgan fingerprint density at radius 3 is 3.05 bits per heavy atom. The molecule has 1 saturated heterocycles. The second-order valence-corrected chi connectivity index (χ2v) is 5.37. The van der Waals surface area contributed by atoms with Gasteiger partial charge < -0.3 is 15.8 Å². The van der Waals surface area contributed by atoms with Crippen LogP contribution < -0.4 is 11.1 Å². The number of hydrogen-bond donors (Lipinski definition) is 2. The molecule has 2 heterocycles. The molecule has 19 heavy (non-hydrogen) atoms. The van der Waals surface area contributed by atoms with Crippen LogP contribution in [0.3, 0.4) is 0 Å². The number of amides is 1. The summed E-state index contributed by atoms with van der Waals surface area (Å²) in [4.78, 5) is 11.8. The molecule has 3 rings (SSSR count). The zero-order valence-electron chi connectivity index (χ0n) is 11.2. The Hall–Kier alpha value is -1.39. The summed E-state index contributed by atoms with van der Waals surface area (Å²) in [5, 5.41) is 2.92. The average molecular weight is 260 g/mol. The van der Waals surface area contributed by atoms with Gasteiger partial charge in [-0.05, 0) is 36.5 Å². The molecule has 1 aromatic carbocycles. The molecule has 4 heteroatoms. The van der Waals surface area contributed by atoms with Crippen molar-refractivity contribution < 1.29 is 9.53 Å². The largest absolute Gasteiger partial charge is 0.376 e. The van der Waals surface area contributed by atoms with Gasteiger partial charge in [-0.15, -0.1) is 0 Å². The maximum Gasteiger partial charge on any atom is 0.231 e. The summed E-state index contributed by atoms with van der Waals surface area (Å²) >= 11 is 0. The number of ether oxygens (including phenoxy) is 1. The van der Waals surface area contributed by atoms with Crippen LogP contribution in [0.1, 0.15) is 49.3 Å². The lowest BCUT2D eigenvalue weighted by Crippen LogP contribution is -2.25. The lowest BCUT2D eigenvalue weighted by Gasteiger charge is -2.20. The topological polar surface area (TPSA) is 64.4 Å². The fourth-order valence-electron chi connectivity index (χ4n) is 3.06. The van der Waals surface area contributed by atoms with E-state index in [2.05, 4.69) is 11.4 Å². The van der Waals surface area contributed by atoms with Crippen molar-refractivity contribution in [2.24, 2.45) is 5.73 Å². The molecule has 1 aromatic rings. The standard InChI is InChI=1S/C15H20N2O2/c1-2-10-11-8-9(5-6-12(11)17-15(10)18)14(16)13-4-3-7-19-13/h5-6,8,10,13-14H,2-4,7,16H2,1H3,(H,17,18). The number of nitrogens with one attached hydrogen (secondary N) is 1. The fourth-order valence-corrected chi connectivity index (χ4v) is 3.06. The second kappa shape index (κ2) is 4.94. The molecule has 4 nitrogen and oxygen atoms in total. The average Bonchev–Trinajstić information content (AvgIpc) is 3.03. The third-order valence-corrected chi connectivity index (χ3v) is 4.18. The van der Waals surface area contributed by atoms with Crippen LogP contribution in [0.5, 0.6) is 0 Å². The summed E-state index contributed by atoms with van der Waals surface area (Å²) in [7, 11) is 0. The van der Waals surface area contributed by atoms with Gasteiger partial charge in [-0.3, -0.25) is 4.79 Å². The van der Waals surface area contributed by atoms with Gasteiger partial charge >= 0.3 is 0 Å². The van der Waals surface area contributed by atoms with Crippen LogP contribution in [0.15, 0.2) is 18.2 Å². The number of rotatable bonds is 3. The van der Waals surface area contributed by atoms with E-state index in [4.69, 9.17) is 10.5 Å². The molecule has 2 aliphatic rings. The van der Waals surface area contributed by atoms with Crippen molar-refractivity contribution >= 4 is 11.6 Å². The summed E-state index contributed by atoms with van der Waals surface area (Å²) in [6.45, 7) is 2.84. The minimum Gasteiger partial charge on any atom is -0.376 e. The van der Waals surface area contributed by atoms with Crippen molar-refractivity contribution in [2.75, 3.05) is 11.9 Å². The zero-order valence-corrected chi connectivity index (χ0v) is 11.2. The van der Waals surface area contributed by atoms with E-state index >= 15 is 0 Å². The fraction of sp³-hybridized carbons (Fsp3) is 0.533. The second-order valence-electron chi connectivity index (χ2n) is 5.37. The number of carbonyl (C=O) groups is 1. The predicted octanol–water partition coefficient (Wildman–Crippen LogP) is 2.31. The highest BCUT2D eigenvalue weighted by Crippen LogP contribution is 2.37. The first kappa shape index (κ1) is 12.6. The van der Waals surface area contributed by atoms with Gasteiger partial charge in [-0.25, -0.2) is 0 Å². The Morgan fingerprint density at radius 1 is 1.53 bits per heavy atom. The maximum absolute atomic E-state index is 11.8. The van der Waals surface area contributed by atoms with Gasteiger partial charge in [0, 0.05) is 12.3 Å². The normalized spacial score (nSPS) is 27.2. The first-order chi connectivity index (χ1) is 9.20. The van der Waals surface area contributed by atoms with Crippen LogP contribution in [-0.4, -0.2) is 18.6 Å². The Kier molecular flexibility index (Phi) is 3.29. The van der Waals surface area contributed by atoms with Crippen LogP contribution in [-0.2, 0) is 9.53 Å². The molecule has 0 saturated carbocycles. The number of fused-ring (bicyclic) bond motifs is 1. The van der Waals surface area contributed by atoms with Crippen molar-refractivity contribution in [2.45, 2.75) is 44.2 Å². The minimum atomic E-state index is -0.0963. The molecule has 1 fully saturated rings. The van der Waals surface area contributed by atoms with Gasteiger partial charge in [0.1, 0.15) is 0 Å². The molecule has 0 aliphatic carbocycles. The summed E-state index contributed by atoms with van der Waals surface area (Å²) in [5.41, 5.74) is 9.37. The van der Waals surface area contributed by atoms with Crippen molar-refractivity contribution in [3.05, 3.63) is 29.3 Å². The molecule has 0 spiro atoms. The first-order valence-electron chi connectivity index (χ1n) is 7.02. The van der Waals surface area contributed by atoms with Gasteiger partial charge in [0.05, 0.1) is 18.1 Å². The number of benzene rings is 1. The predicted molar refractivity (Wildman–Crippen MR) is 74.0 cm³/mol. The van der Waals surface area contributed by atoms with E-state index in [1.807, 2.05) is 19.1 Å². The highest BCUT2D eigenvalue weighted by Gasteiger charge is 2.31. The lowest BCUT2D eigenvalue weighted by atomic mass is 9.92. The molecule has 3 atom stereocenters. The molecule has 0 aromatic heterocycles. The van der Waals surface area contributed by atoms with E-state index in [-0.39, 0.29) is 24.0 Å². The van der Waals surface area contributed by atoms with Crippen LogP contribution in [0.4, 0.5) is 5.69 Å². The minimum absolute atomic E-state index is 0.0355. The van der Waals surface area contributed by atoms with Gasteiger partial charge in [-0.1, -0.05) is 19.1 Å². The van der Waals surface area contributed by atoms with E-state index in [1.54, 1.807) is 0 Å². The highest BCUT2D eigenvalue weighted by molar-refractivity contribution is 6.02. The monoisotopic (exact) mass is 260 g/mol. The SMILES string of the molecule is CCC1C(=O)Nc2ccc(C(N)C3CCCO3)cc21. The Morgan fingerprint density at radius 2 is 2.37 bits per heavy atom. The summed E-state index contributed by atoms with van der Waals surface area (Å²) in [5.74, 6) is 0.0620. The number of nitrogens with two attached hydrogens (primary N) is 1. The zero-order chi connectivity index (χ0) is 13.4. The summed E-state index contributed by atoms with van der Waals surface area (Å²) in [6.07, 6.45) is 3.04. The van der Waals surface area contributed by atoms with E-state index in [9.17, 15) is 4.79 Å². The molecular weight excluding hydrogens is 240 g/mol. The number of carbonyl (C=O) groups excluding carboxylic acids is 1. The highest BCUT2D eigenvalue weighted by atomic mass is 16.5. The van der Waals surface area contributed by atoms with Crippen LogP contribution in [0.2, 0.25) is 0 Å². The molecule has 3 unspecified atom stereocenters. The smallest absolute Gasteiger partial charge is 0.231 e. The number of hydrogen-bond acceptors (Lipinski definition) is 3. The van der Waals surface area contributed by atoms with Crippen molar-refractivity contribution in [1.82, 2.24) is 0 Å². The molecule has 102 valence electrons. The third-order valence-electron chi connectivity index (χ3n) is 4.18. The van der Waals surface area contributed by atoms with Crippen LogP contribution in [0, 0.1) is 0 Å². The van der Waals surface area contributed by atoms with E-state index in [0.717, 1.165) is 42.7 Å². The third kappa shape index (κ3) is 2.15. The quantitative estimate of drug-likeness (QED) is 0.876. The molecule has 0 bridgehead atoms. The van der Waals surface area contributed by atoms with Crippen LogP contribution >= 0.6 is 0 Å². The van der Waals surface area contributed by atoms with Gasteiger partial charge in [-0.2, -0.15) is 0 Å². The Balaban J connectivity index is 1.89. The van der Waals surface area contributed by atoms with E-state index < -0.39 is 0 Å². The molecule has 2 aliphatic heterocycles. The van der Waals surface area contributed by atoms with Crippen molar-refractivity contribution in [3.63, 3.8) is 0 Å². The van der Waals surface area contributed by atoms with E-state index in [1.165, 1.54) is 0 Å². The van der Waals surface area contributed by atoms with Crippen molar-refractivity contribution in [3.8, 4) is 0 Å². The molecular formula is C15H20N2O2. The van der Waals surface area contributed by atoms with Crippen molar-refractivity contribution in [1.29, 1.82) is 0 Å². The summed E-state index contributed by atoms with van der Waals surface area (Å²) < 4.78 is 5.66. The van der Waals surface area contributed by atoms with Gasteiger partial charge in [0.25, 0.3) is 0 Å². The molecule has 0 radical (unpaired) electrons. The van der Waals surface area contributed by atoms with Crippen LogP contribution in [0.25, 0.3) is 0 Å². The van der Waals surface area contributed by atoms with Gasteiger partial charge in [0.15, 0.2) is 0 Å². The first-order valence-corrected chi connectivity index (χ1v) is 7.02. The van der Waals surface area contributed by atoms with Gasteiger partial charge in [0.2, 0.25) is 5.91 Å². The molecule has 1 amide bonds.